The maximum absolute atomic E-state index is 5.79. The molecular weight excluding hydrogens is 262 g/mol. The summed E-state index contributed by atoms with van der Waals surface area (Å²) in [4.78, 5) is 8.76. The van der Waals surface area contributed by atoms with Gasteiger partial charge in [-0.15, -0.1) is 0 Å². The minimum Gasteiger partial charge on any atom is -0.440 e. The third-order valence-corrected chi connectivity index (χ3v) is 3.90. The lowest BCUT2D eigenvalue weighted by atomic mass is 10.1. The van der Waals surface area contributed by atoms with Crippen LogP contribution in [0, 0.1) is 0 Å². The van der Waals surface area contributed by atoms with Crippen LogP contribution in [0.15, 0.2) is 47.1 Å². The second-order valence-corrected chi connectivity index (χ2v) is 5.66. The number of nitrogens with one attached hydrogen (secondary N) is 1. The van der Waals surface area contributed by atoms with Gasteiger partial charge in [0, 0.05) is 24.0 Å². The predicted molar refractivity (Wildman–Crippen MR) is 82.3 cm³/mol. The second-order valence-electron chi connectivity index (χ2n) is 5.66. The van der Waals surface area contributed by atoms with Crippen LogP contribution in [0.3, 0.4) is 0 Å². The average Bonchev–Trinajstić information content (AvgIpc) is 3.28. The fourth-order valence-corrected chi connectivity index (χ4v) is 2.51. The van der Waals surface area contributed by atoms with Gasteiger partial charge in [-0.2, -0.15) is 0 Å². The van der Waals surface area contributed by atoms with Crippen LogP contribution in [0.4, 0.5) is 5.69 Å². The fourth-order valence-electron chi connectivity index (χ4n) is 2.51. The van der Waals surface area contributed by atoms with E-state index in [1.165, 1.54) is 12.8 Å². The molecule has 0 aliphatic heterocycles. The summed E-state index contributed by atoms with van der Waals surface area (Å²) in [6, 6.07) is 10.3. The Labute approximate surface area is 123 Å². The van der Waals surface area contributed by atoms with E-state index in [0.29, 0.717) is 5.92 Å². The van der Waals surface area contributed by atoms with Gasteiger partial charge in [0.25, 0.3) is 0 Å². The van der Waals surface area contributed by atoms with Gasteiger partial charge in [0.05, 0.1) is 6.04 Å². The molecule has 2 aromatic heterocycles. The van der Waals surface area contributed by atoms with Gasteiger partial charge in [0.1, 0.15) is 5.52 Å². The number of pyridine rings is 1. The highest BCUT2D eigenvalue weighted by atomic mass is 16.3. The molecule has 0 radical (unpaired) electrons. The molecule has 1 N–H and O–H groups in total. The average molecular weight is 279 g/mol. The Bertz CT molecular complexity index is 762. The summed E-state index contributed by atoms with van der Waals surface area (Å²) in [7, 11) is 0. The van der Waals surface area contributed by atoms with Crippen molar-refractivity contribution in [1.29, 1.82) is 0 Å². The minimum atomic E-state index is 0.200. The number of anilines is 1. The van der Waals surface area contributed by atoms with Gasteiger partial charge >= 0.3 is 0 Å². The van der Waals surface area contributed by atoms with E-state index < -0.39 is 0 Å². The van der Waals surface area contributed by atoms with Crippen LogP contribution in [0.1, 0.15) is 43.2 Å². The Kier molecular flexibility index (Phi) is 2.88. The molecule has 3 aromatic rings. The SMILES string of the molecule is CC(Nc1ccc2oc(C3CC3)nc2c1)c1cccnc1. The molecule has 1 unspecified atom stereocenters. The van der Waals surface area contributed by atoms with Crippen LogP contribution < -0.4 is 5.32 Å². The van der Waals surface area contributed by atoms with Gasteiger partial charge in [-0.05, 0) is 49.6 Å². The Hall–Kier alpha value is -2.36. The lowest BCUT2D eigenvalue weighted by Crippen LogP contribution is -2.06. The number of hydrogen-bond acceptors (Lipinski definition) is 4. The van der Waals surface area contributed by atoms with E-state index in [1.54, 1.807) is 6.20 Å². The molecule has 21 heavy (non-hydrogen) atoms. The summed E-state index contributed by atoms with van der Waals surface area (Å²) in [5, 5.41) is 3.48. The molecular formula is C17H17N3O. The molecule has 1 fully saturated rings. The quantitative estimate of drug-likeness (QED) is 0.774. The van der Waals surface area contributed by atoms with Crippen molar-refractivity contribution in [2.24, 2.45) is 0 Å². The lowest BCUT2D eigenvalue weighted by molar-refractivity contribution is 0.533. The maximum atomic E-state index is 5.79. The standard InChI is InChI=1S/C17H17N3O/c1-11(13-3-2-8-18-10-13)19-14-6-7-16-15(9-14)20-17(21-16)12-4-5-12/h2-3,6-12,19H,4-5H2,1H3. The Morgan fingerprint density at radius 1 is 1.29 bits per heavy atom. The summed E-state index contributed by atoms with van der Waals surface area (Å²) in [6.07, 6.45) is 6.08. The Balaban J connectivity index is 1.58. The molecule has 0 spiro atoms. The van der Waals surface area contributed by atoms with Gasteiger partial charge < -0.3 is 9.73 Å². The number of rotatable bonds is 4. The van der Waals surface area contributed by atoms with Crippen molar-refractivity contribution >= 4 is 16.8 Å². The Morgan fingerprint density at radius 3 is 2.95 bits per heavy atom. The van der Waals surface area contributed by atoms with E-state index in [-0.39, 0.29) is 6.04 Å². The predicted octanol–water partition coefficient (Wildman–Crippen LogP) is 4.27. The van der Waals surface area contributed by atoms with Crippen LogP contribution in [0.5, 0.6) is 0 Å². The number of aromatic nitrogens is 2. The van der Waals surface area contributed by atoms with Crippen molar-refractivity contribution in [3.63, 3.8) is 0 Å². The number of fused-ring (bicyclic) bond motifs is 1. The molecule has 2 heterocycles. The monoisotopic (exact) mass is 279 g/mol. The number of hydrogen-bond donors (Lipinski definition) is 1. The molecule has 1 aromatic carbocycles. The van der Waals surface area contributed by atoms with Gasteiger partial charge in [-0.1, -0.05) is 6.07 Å². The normalized spacial score (nSPS) is 16.0. The molecule has 0 amide bonds. The maximum Gasteiger partial charge on any atom is 0.198 e. The lowest BCUT2D eigenvalue weighted by Gasteiger charge is -2.14. The smallest absolute Gasteiger partial charge is 0.198 e. The third-order valence-electron chi connectivity index (χ3n) is 3.90. The highest BCUT2D eigenvalue weighted by molar-refractivity contribution is 5.77. The van der Waals surface area contributed by atoms with Crippen LogP contribution in [-0.2, 0) is 0 Å². The molecule has 4 nitrogen and oxygen atoms in total. The molecule has 1 atom stereocenters. The summed E-state index contributed by atoms with van der Waals surface area (Å²) in [6.45, 7) is 2.12. The van der Waals surface area contributed by atoms with Gasteiger partial charge in [0.15, 0.2) is 11.5 Å². The van der Waals surface area contributed by atoms with Gasteiger partial charge in [-0.25, -0.2) is 4.98 Å². The zero-order valence-electron chi connectivity index (χ0n) is 11.9. The van der Waals surface area contributed by atoms with Crippen LogP contribution in [0.25, 0.3) is 11.1 Å². The zero-order valence-corrected chi connectivity index (χ0v) is 11.9. The number of benzene rings is 1. The van der Waals surface area contributed by atoms with E-state index in [2.05, 4.69) is 34.3 Å². The van der Waals surface area contributed by atoms with Crippen molar-refractivity contribution < 1.29 is 4.42 Å². The third kappa shape index (κ3) is 2.49. The molecule has 4 heteroatoms. The van der Waals surface area contributed by atoms with Crippen LogP contribution in [0.2, 0.25) is 0 Å². The van der Waals surface area contributed by atoms with E-state index in [0.717, 1.165) is 28.2 Å². The van der Waals surface area contributed by atoms with E-state index >= 15 is 0 Å². The summed E-state index contributed by atoms with van der Waals surface area (Å²) >= 11 is 0. The number of nitrogens with zero attached hydrogens (tertiary/aromatic N) is 2. The molecule has 1 saturated carbocycles. The van der Waals surface area contributed by atoms with Gasteiger partial charge in [-0.3, -0.25) is 4.98 Å². The summed E-state index contributed by atoms with van der Waals surface area (Å²) in [5.74, 6) is 1.44. The van der Waals surface area contributed by atoms with E-state index in [9.17, 15) is 0 Å². The first-order valence-electron chi connectivity index (χ1n) is 7.36. The topological polar surface area (TPSA) is 51.0 Å². The van der Waals surface area contributed by atoms with Crippen molar-refractivity contribution in [3.05, 3.63) is 54.2 Å². The first-order valence-corrected chi connectivity index (χ1v) is 7.36. The van der Waals surface area contributed by atoms with Crippen molar-refractivity contribution in [1.82, 2.24) is 9.97 Å². The molecule has 1 aliphatic carbocycles. The van der Waals surface area contributed by atoms with Crippen molar-refractivity contribution in [2.45, 2.75) is 31.7 Å². The Morgan fingerprint density at radius 2 is 2.19 bits per heavy atom. The van der Waals surface area contributed by atoms with E-state index in [1.807, 2.05) is 24.4 Å². The van der Waals surface area contributed by atoms with Crippen LogP contribution >= 0.6 is 0 Å². The van der Waals surface area contributed by atoms with Crippen molar-refractivity contribution in [3.8, 4) is 0 Å². The first-order chi connectivity index (χ1) is 10.3. The highest BCUT2D eigenvalue weighted by Gasteiger charge is 2.28. The van der Waals surface area contributed by atoms with Crippen molar-refractivity contribution in [2.75, 3.05) is 5.32 Å². The van der Waals surface area contributed by atoms with Gasteiger partial charge in [0.2, 0.25) is 0 Å². The van der Waals surface area contributed by atoms with E-state index in [4.69, 9.17) is 4.42 Å². The molecule has 1 aliphatic rings. The molecule has 4 rings (SSSR count). The summed E-state index contributed by atoms with van der Waals surface area (Å²) in [5.41, 5.74) is 4.02. The first kappa shape index (κ1) is 12.4. The summed E-state index contributed by atoms with van der Waals surface area (Å²) < 4.78 is 5.79. The number of oxazole rings is 1. The second kappa shape index (κ2) is 4.88. The minimum absolute atomic E-state index is 0.200. The molecule has 0 saturated heterocycles. The highest BCUT2D eigenvalue weighted by Crippen LogP contribution is 2.40. The molecule has 0 bridgehead atoms. The molecule has 106 valence electrons. The largest absolute Gasteiger partial charge is 0.440 e. The van der Waals surface area contributed by atoms with Crippen LogP contribution in [-0.4, -0.2) is 9.97 Å². The zero-order chi connectivity index (χ0) is 14.2. The fraction of sp³-hybridized carbons (Fsp3) is 0.294.